The van der Waals surface area contributed by atoms with Crippen molar-refractivity contribution < 1.29 is 14.3 Å². The minimum atomic E-state index is 0.215. The van der Waals surface area contributed by atoms with E-state index in [4.69, 9.17) is 25.9 Å². The molecule has 0 atom stereocenters. The highest BCUT2D eigenvalue weighted by atomic mass is 35.5. The van der Waals surface area contributed by atoms with Crippen LogP contribution in [0.4, 0.5) is 0 Å². The fraction of sp³-hybridized carbons (Fsp3) is 0.350. The molecular weight excluding hydrogens is 394 g/mol. The number of methoxy groups -OCH3 is 1. The Hall–Kier alpha value is -3.00. The van der Waals surface area contributed by atoms with Crippen LogP contribution in [0.25, 0.3) is 0 Å². The largest absolute Gasteiger partial charge is 0.497 e. The zero-order chi connectivity index (χ0) is 21.0. The predicted molar refractivity (Wildman–Crippen MR) is 111 cm³/mol. The lowest BCUT2D eigenvalue weighted by Gasteiger charge is -2.08. The van der Waals surface area contributed by atoms with Gasteiger partial charge < -0.3 is 14.3 Å². The first-order chi connectivity index (χ1) is 13.9. The molecule has 8 nitrogen and oxygen atoms in total. The average Bonchev–Trinajstić information content (AvgIpc) is 3.14. The maximum Gasteiger partial charge on any atom is 0.226 e. The van der Waals surface area contributed by atoms with E-state index in [1.807, 2.05) is 52.2 Å². The van der Waals surface area contributed by atoms with Crippen molar-refractivity contribution in [3.8, 4) is 17.4 Å². The van der Waals surface area contributed by atoms with Gasteiger partial charge in [-0.15, -0.1) is 0 Å². The van der Waals surface area contributed by atoms with Crippen molar-refractivity contribution in [1.82, 2.24) is 19.6 Å². The summed E-state index contributed by atoms with van der Waals surface area (Å²) in [7, 11) is 5.27. The first kappa shape index (κ1) is 20.7. The summed E-state index contributed by atoms with van der Waals surface area (Å²) in [6.07, 6.45) is 2.35. The number of benzene rings is 1. The fourth-order valence-corrected chi connectivity index (χ4v) is 3.19. The highest BCUT2D eigenvalue weighted by molar-refractivity contribution is 6.31. The zero-order valence-electron chi connectivity index (χ0n) is 17.1. The monoisotopic (exact) mass is 417 g/mol. The van der Waals surface area contributed by atoms with Gasteiger partial charge in [0.05, 0.1) is 41.0 Å². The van der Waals surface area contributed by atoms with E-state index >= 15 is 0 Å². The van der Waals surface area contributed by atoms with E-state index in [0.29, 0.717) is 16.7 Å². The third-order valence-electron chi connectivity index (χ3n) is 4.45. The molecule has 0 aliphatic heterocycles. The van der Waals surface area contributed by atoms with E-state index in [0.717, 1.165) is 34.8 Å². The standard InChI is InChI=1S/C20H24ClN5O3/c1-6-17-19(21)18(25(3)24-17)12-28-22-11-16-13(2)23-26(4)20(16)29-15-9-7-14(27-5)8-10-15/h7-11H,6,12H2,1-5H3/b22-11-. The van der Waals surface area contributed by atoms with Crippen LogP contribution in [0.2, 0.25) is 5.02 Å². The number of nitrogens with zero attached hydrogens (tertiary/aromatic N) is 5. The Morgan fingerprint density at radius 2 is 1.79 bits per heavy atom. The molecule has 2 aromatic heterocycles. The molecule has 0 bridgehead atoms. The third-order valence-corrected chi connectivity index (χ3v) is 4.88. The molecule has 0 radical (unpaired) electrons. The minimum Gasteiger partial charge on any atom is -0.497 e. The van der Waals surface area contributed by atoms with E-state index < -0.39 is 0 Å². The maximum absolute atomic E-state index is 6.33. The summed E-state index contributed by atoms with van der Waals surface area (Å²) in [5.41, 5.74) is 3.12. The highest BCUT2D eigenvalue weighted by Gasteiger charge is 2.15. The van der Waals surface area contributed by atoms with Crippen molar-refractivity contribution in [2.45, 2.75) is 26.9 Å². The van der Waals surface area contributed by atoms with Crippen molar-refractivity contribution in [1.29, 1.82) is 0 Å². The summed E-state index contributed by atoms with van der Waals surface area (Å²) in [6.45, 7) is 4.10. The second-order valence-corrected chi connectivity index (χ2v) is 6.78. The summed E-state index contributed by atoms with van der Waals surface area (Å²) in [5, 5.41) is 13.5. The lowest BCUT2D eigenvalue weighted by molar-refractivity contribution is 0.126. The molecule has 29 heavy (non-hydrogen) atoms. The molecule has 3 aromatic rings. The summed E-state index contributed by atoms with van der Waals surface area (Å²) in [5.74, 6) is 1.98. The molecule has 0 saturated heterocycles. The summed E-state index contributed by atoms with van der Waals surface area (Å²) >= 11 is 6.33. The third kappa shape index (κ3) is 4.54. The normalized spacial score (nSPS) is 11.2. The van der Waals surface area contributed by atoms with E-state index in [-0.39, 0.29) is 6.61 Å². The van der Waals surface area contributed by atoms with Crippen LogP contribution >= 0.6 is 11.6 Å². The molecule has 0 aliphatic carbocycles. The van der Waals surface area contributed by atoms with Gasteiger partial charge in [0.15, 0.2) is 6.61 Å². The van der Waals surface area contributed by atoms with Crippen molar-refractivity contribution in [3.05, 3.63) is 51.9 Å². The smallest absolute Gasteiger partial charge is 0.226 e. The lowest BCUT2D eigenvalue weighted by Crippen LogP contribution is -2.00. The molecule has 0 saturated carbocycles. The molecule has 9 heteroatoms. The van der Waals surface area contributed by atoms with Crippen molar-refractivity contribution in [2.75, 3.05) is 7.11 Å². The van der Waals surface area contributed by atoms with Gasteiger partial charge in [-0.25, -0.2) is 4.68 Å². The fourth-order valence-electron chi connectivity index (χ4n) is 2.84. The predicted octanol–water partition coefficient (Wildman–Crippen LogP) is 4.03. The molecule has 0 amide bonds. The topological polar surface area (TPSA) is 75.7 Å². The molecule has 1 aromatic carbocycles. The number of hydrogen-bond donors (Lipinski definition) is 0. The number of rotatable bonds is 8. The van der Waals surface area contributed by atoms with Crippen LogP contribution in [-0.2, 0) is 32.0 Å². The Bertz CT molecular complexity index is 1010. The van der Waals surface area contributed by atoms with Crippen molar-refractivity contribution in [2.24, 2.45) is 19.3 Å². The average molecular weight is 418 g/mol. The van der Waals surface area contributed by atoms with Crippen LogP contribution in [-0.4, -0.2) is 32.9 Å². The summed E-state index contributed by atoms with van der Waals surface area (Å²) in [4.78, 5) is 5.46. The van der Waals surface area contributed by atoms with Gasteiger partial charge in [-0.1, -0.05) is 23.7 Å². The van der Waals surface area contributed by atoms with Crippen LogP contribution in [0.3, 0.4) is 0 Å². The molecular formula is C20H24ClN5O3. The molecule has 0 aliphatic rings. The van der Waals surface area contributed by atoms with E-state index in [9.17, 15) is 0 Å². The van der Waals surface area contributed by atoms with Gasteiger partial charge in [0.1, 0.15) is 11.5 Å². The van der Waals surface area contributed by atoms with Crippen LogP contribution in [0, 0.1) is 6.92 Å². The zero-order valence-corrected chi connectivity index (χ0v) is 17.9. The van der Waals surface area contributed by atoms with Gasteiger partial charge in [-0.05, 0) is 37.6 Å². The Kier molecular flexibility index (Phi) is 6.43. The number of halogens is 1. The highest BCUT2D eigenvalue weighted by Crippen LogP contribution is 2.27. The van der Waals surface area contributed by atoms with E-state index in [1.165, 1.54) is 0 Å². The lowest BCUT2D eigenvalue weighted by atomic mass is 10.3. The number of aromatic nitrogens is 4. The molecule has 154 valence electrons. The second kappa shape index (κ2) is 9.00. The molecule has 3 rings (SSSR count). The second-order valence-electron chi connectivity index (χ2n) is 6.40. The van der Waals surface area contributed by atoms with Gasteiger partial charge in [-0.2, -0.15) is 10.2 Å². The molecule has 0 N–H and O–H groups in total. The molecule has 0 fully saturated rings. The number of aryl methyl sites for hydroxylation is 4. The summed E-state index contributed by atoms with van der Waals surface area (Å²) < 4.78 is 14.5. The van der Waals surface area contributed by atoms with Gasteiger partial charge in [0, 0.05) is 14.1 Å². The molecule has 2 heterocycles. The van der Waals surface area contributed by atoms with Gasteiger partial charge in [0.2, 0.25) is 5.88 Å². The summed E-state index contributed by atoms with van der Waals surface area (Å²) in [6, 6.07) is 7.32. The number of hydrogen-bond acceptors (Lipinski definition) is 6. The first-order valence-corrected chi connectivity index (χ1v) is 9.53. The quantitative estimate of drug-likeness (QED) is 0.408. The number of ether oxygens (including phenoxy) is 2. The van der Waals surface area contributed by atoms with E-state index in [1.54, 1.807) is 22.7 Å². The Morgan fingerprint density at radius 1 is 1.10 bits per heavy atom. The Labute approximate surface area is 174 Å². The molecule has 0 unspecified atom stereocenters. The SMILES string of the molecule is CCc1nn(C)c(CO/N=C\c2c(C)nn(C)c2Oc2ccc(OC)cc2)c1Cl. The first-order valence-electron chi connectivity index (χ1n) is 9.15. The van der Waals surface area contributed by atoms with E-state index in [2.05, 4.69) is 15.4 Å². The van der Waals surface area contributed by atoms with Gasteiger partial charge in [0.25, 0.3) is 0 Å². The number of oxime groups is 1. The van der Waals surface area contributed by atoms with Gasteiger partial charge >= 0.3 is 0 Å². The maximum atomic E-state index is 6.33. The van der Waals surface area contributed by atoms with Crippen LogP contribution < -0.4 is 9.47 Å². The Balaban J connectivity index is 1.73. The van der Waals surface area contributed by atoms with Crippen LogP contribution in [0.15, 0.2) is 29.4 Å². The minimum absolute atomic E-state index is 0.215. The van der Waals surface area contributed by atoms with Crippen molar-refractivity contribution >= 4 is 17.8 Å². The van der Waals surface area contributed by atoms with Gasteiger partial charge in [-0.3, -0.25) is 4.68 Å². The van der Waals surface area contributed by atoms with Crippen molar-refractivity contribution in [3.63, 3.8) is 0 Å². The Morgan fingerprint density at radius 3 is 2.41 bits per heavy atom. The molecule has 0 spiro atoms. The van der Waals surface area contributed by atoms with Crippen LogP contribution in [0.5, 0.6) is 17.4 Å². The van der Waals surface area contributed by atoms with Crippen LogP contribution in [0.1, 0.15) is 29.6 Å².